The van der Waals surface area contributed by atoms with Crippen molar-refractivity contribution < 1.29 is 13.5 Å². The molecule has 0 radical (unpaired) electrons. The highest BCUT2D eigenvalue weighted by atomic mass is 19.1. The Morgan fingerprint density at radius 2 is 1.89 bits per heavy atom. The zero-order valence-corrected chi connectivity index (χ0v) is 15.1. The Kier molecular flexibility index (Phi) is 5.45. The van der Waals surface area contributed by atoms with Crippen molar-refractivity contribution in [1.29, 1.82) is 0 Å². The van der Waals surface area contributed by atoms with Crippen LogP contribution >= 0.6 is 0 Å². The molecule has 0 aliphatic carbocycles. The second-order valence-corrected chi connectivity index (χ2v) is 6.98. The van der Waals surface area contributed by atoms with Gasteiger partial charge in [0.25, 0.3) is 0 Å². The molecule has 1 N–H and O–H groups in total. The monoisotopic (exact) mass is 375 g/mol. The van der Waals surface area contributed by atoms with Crippen LogP contribution in [0.3, 0.4) is 0 Å². The first kappa shape index (κ1) is 18.1. The summed E-state index contributed by atoms with van der Waals surface area (Å²) < 4.78 is 32.1. The Balaban J connectivity index is 1.34. The molecule has 8 heteroatoms. The van der Waals surface area contributed by atoms with Gasteiger partial charge in [0.15, 0.2) is 0 Å². The lowest BCUT2D eigenvalue weighted by Crippen LogP contribution is -2.37. The van der Waals surface area contributed by atoms with E-state index in [0.29, 0.717) is 31.3 Å². The summed E-state index contributed by atoms with van der Waals surface area (Å²) in [5, 5.41) is 3.46. The molecule has 0 amide bonds. The van der Waals surface area contributed by atoms with Gasteiger partial charge in [0.2, 0.25) is 5.95 Å². The predicted octanol–water partition coefficient (Wildman–Crippen LogP) is 2.28. The number of likely N-dealkylation sites (tertiary alicyclic amines) is 1. The van der Waals surface area contributed by atoms with Crippen LogP contribution in [0.25, 0.3) is 0 Å². The van der Waals surface area contributed by atoms with Crippen molar-refractivity contribution in [3.8, 4) is 0 Å². The summed E-state index contributed by atoms with van der Waals surface area (Å²) in [6, 6.07) is 5.80. The molecule has 2 aliphatic rings. The Labute approximate surface area is 157 Å². The van der Waals surface area contributed by atoms with Crippen molar-refractivity contribution in [3.63, 3.8) is 0 Å². The van der Waals surface area contributed by atoms with Crippen molar-refractivity contribution in [2.45, 2.75) is 19.0 Å². The van der Waals surface area contributed by atoms with Crippen LogP contribution in [0.15, 0.2) is 30.5 Å². The average Bonchev–Trinajstić information content (AvgIpc) is 3.08. The number of hydrogen-bond donors (Lipinski definition) is 1. The molecule has 144 valence electrons. The summed E-state index contributed by atoms with van der Waals surface area (Å²) >= 11 is 0. The highest BCUT2D eigenvalue weighted by Crippen LogP contribution is 2.19. The summed E-state index contributed by atoms with van der Waals surface area (Å²) in [7, 11) is 0. The van der Waals surface area contributed by atoms with Crippen LogP contribution in [0.4, 0.5) is 20.5 Å². The molecule has 0 saturated carbocycles. The van der Waals surface area contributed by atoms with Crippen molar-refractivity contribution >= 4 is 11.8 Å². The van der Waals surface area contributed by atoms with E-state index in [1.165, 1.54) is 12.1 Å². The summed E-state index contributed by atoms with van der Waals surface area (Å²) in [5.41, 5.74) is 0.657. The summed E-state index contributed by atoms with van der Waals surface area (Å²) in [4.78, 5) is 13.3. The van der Waals surface area contributed by atoms with E-state index >= 15 is 0 Å². The van der Waals surface area contributed by atoms with E-state index in [1.54, 1.807) is 6.20 Å². The van der Waals surface area contributed by atoms with Gasteiger partial charge in [-0.05, 0) is 30.2 Å². The summed E-state index contributed by atoms with van der Waals surface area (Å²) in [5.74, 6) is 0.453. The molecule has 1 unspecified atom stereocenters. The fourth-order valence-electron chi connectivity index (χ4n) is 3.61. The van der Waals surface area contributed by atoms with Crippen molar-refractivity contribution in [1.82, 2.24) is 14.9 Å². The van der Waals surface area contributed by atoms with E-state index in [-0.39, 0.29) is 6.04 Å². The minimum absolute atomic E-state index is 0.246. The molecule has 4 rings (SSSR count). The summed E-state index contributed by atoms with van der Waals surface area (Å²) in [6.07, 6.45) is 2.72. The van der Waals surface area contributed by atoms with E-state index in [4.69, 9.17) is 4.74 Å². The van der Waals surface area contributed by atoms with Gasteiger partial charge in [0, 0.05) is 51.0 Å². The minimum Gasteiger partial charge on any atom is -0.378 e. The molecule has 1 aromatic heterocycles. The second-order valence-electron chi connectivity index (χ2n) is 6.98. The topological polar surface area (TPSA) is 53.5 Å². The number of benzene rings is 1. The van der Waals surface area contributed by atoms with E-state index in [0.717, 1.165) is 44.5 Å². The summed E-state index contributed by atoms with van der Waals surface area (Å²) in [6.45, 7) is 5.19. The number of ether oxygens (including phenoxy) is 1. The van der Waals surface area contributed by atoms with Gasteiger partial charge in [-0.3, -0.25) is 4.90 Å². The SMILES string of the molecule is Fc1cc(F)cc(CN2CCC(Nc3ccnc(N4CCOCC4)n3)C2)c1. The maximum absolute atomic E-state index is 13.4. The van der Waals surface area contributed by atoms with Crippen molar-refractivity contribution in [2.75, 3.05) is 49.6 Å². The molecule has 3 heterocycles. The fourth-order valence-corrected chi connectivity index (χ4v) is 3.61. The molecule has 1 atom stereocenters. The molecule has 2 fully saturated rings. The highest BCUT2D eigenvalue weighted by molar-refractivity contribution is 5.42. The molecular weight excluding hydrogens is 352 g/mol. The van der Waals surface area contributed by atoms with Crippen LogP contribution in [0, 0.1) is 11.6 Å². The molecule has 2 aromatic rings. The zero-order chi connectivity index (χ0) is 18.6. The zero-order valence-electron chi connectivity index (χ0n) is 15.1. The normalized spacial score (nSPS) is 20.8. The number of rotatable bonds is 5. The third-order valence-corrected chi connectivity index (χ3v) is 4.89. The molecule has 27 heavy (non-hydrogen) atoms. The predicted molar refractivity (Wildman–Crippen MR) is 98.7 cm³/mol. The van der Waals surface area contributed by atoms with Crippen LogP contribution in [0.1, 0.15) is 12.0 Å². The van der Waals surface area contributed by atoms with E-state index in [9.17, 15) is 8.78 Å². The number of hydrogen-bond acceptors (Lipinski definition) is 6. The molecule has 0 spiro atoms. The van der Waals surface area contributed by atoms with Gasteiger partial charge in [-0.2, -0.15) is 4.98 Å². The molecule has 0 bridgehead atoms. The Morgan fingerprint density at radius 3 is 2.67 bits per heavy atom. The van der Waals surface area contributed by atoms with Crippen LogP contribution in [0.5, 0.6) is 0 Å². The van der Waals surface area contributed by atoms with Crippen LogP contribution < -0.4 is 10.2 Å². The maximum Gasteiger partial charge on any atom is 0.227 e. The average molecular weight is 375 g/mol. The first-order chi connectivity index (χ1) is 13.2. The number of nitrogens with one attached hydrogen (secondary N) is 1. The van der Waals surface area contributed by atoms with E-state index in [2.05, 4.69) is 25.1 Å². The standard InChI is InChI=1S/C19H23F2N5O/c20-15-9-14(10-16(21)11-15)12-25-4-2-17(13-25)23-18-1-3-22-19(24-18)26-5-7-27-8-6-26/h1,3,9-11,17H,2,4-8,12-13H2,(H,22,23,24). The second kappa shape index (κ2) is 8.14. The van der Waals surface area contributed by atoms with Crippen LogP contribution in [0.2, 0.25) is 0 Å². The number of morpholine rings is 1. The lowest BCUT2D eigenvalue weighted by Gasteiger charge is -2.27. The van der Waals surface area contributed by atoms with Gasteiger partial charge in [-0.1, -0.05) is 0 Å². The quantitative estimate of drug-likeness (QED) is 0.865. The van der Waals surface area contributed by atoms with Gasteiger partial charge >= 0.3 is 0 Å². The number of aromatic nitrogens is 2. The van der Waals surface area contributed by atoms with E-state index in [1.807, 2.05) is 6.07 Å². The Bertz CT molecular complexity index is 764. The van der Waals surface area contributed by atoms with Crippen LogP contribution in [-0.2, 0) is 11.3 Å². The van der Waals surface area contributed by atoms with Gasteiger partial charge < -0.3 is 15.0 Å². The van der Waals surface area contributed by atoms with Crippen molar-refractivity contribution in [3.05, 3.63) is 47.7 Å². The molecule has 2 aliphatic heterocycles. The number of nitrogens with zero attached hydrogens (tertiary/aromatic N) is 4. The van der Waals surface area contributed by atoms with Gasteiger partial charge in [0.1, 0.15) is 17.5 Å². The molecule has 2 saturated heterocycles. The Hall–Kier alpha value is -2.32. The molecule has 1 aromatic carbocycles. The van der Waals surface area contributed by atoms with Crippen molar-refractivity contribution in [2.24, 2.45) is 0 Å². The first-order valence-electron chi connectivity index (χ1n) is 9.25. The van der Waals surface area contributed by atoms with Gasteiger partial charge in [-0.15, -0.1) is 0 Å². The third-order valence-electron chi connectivity index (χ3n) is 4.89. The maximum atomic E-state index is 13.4. The number of anilines is 2. The molecular formula is C19H23F2N5O. The van der Waals surface area contributed by atoms with E-state index < -0.39 is 11.6 Å². The first-order valence-corrected chi connectivity index (χ1v) is 9.25. The third kappa shape index (κ3) is 4.70. The minimum atomic E-state index is -0.532. The number of halogens is 2. The molecule has 6 nitrogen and oxygen atoms in total. The van der Waals surface area contributed by atoms with Gasteiger partial charge in [0.05, 0.1) is 13.2 Å². The highest BCUT2D eigenvalue weighted by Gasteiger charge is 2.23. The lowest BCUT2D eigenvalue weighted by molar-refractivity contribution is 0.122. The van der Waals surface area contributed by atoms with Crippen LogP contribution in [-0.4, -0.2) is 60.3 Å². The Morgan fingerprint density at radius 1 is 1.11 bits per heavy atom. The fraction of sp³-hybridized carbons (Fsp3) is 0.474. The lowest BCUT2D eigenvalue weighted by atomic mass is 10.2. The van der Waals surface area contributed by atoms with Gasteiger partial charge in [-0.25, -0.2) is 13.8 Å². The largest absolute Gasteiger partial charge is 0.378 e. The smallest absolute Gasteiger partial charge is 0.227 e.